The van der Waals surface area contributed by atoms with Crippen molar-refractivity contribution in [3.63, 3.8) is 0 Å². The maximum absolute atomic E-state index is 12.5. The summed E-state index contributed by atoms with van der Waals surface area (Å²) < 4.78 is 5.29. The van der Waals surface area contributed by atoms with Crippen LogP contribution in [0.15, 0.2) is 34.2 Å². The molecule has 0 spiro atoms. The van der Waals surface area contributed by atoms with Gasteiger partial charge in [-0.1, -0.05) is 23.4 Å². The summed E-state index contributed by atoms with van der Waals surface area (Å²) in [5, 5.41) is 18.0. The molecule has 4 rings (SSSR count). The van der Waals surface area contributed by atoms with Gasteiger partial charge in [0.25, 0.3) is 5.91 Å². The third kappa shape index (κ3) is 3.61. The van der Waals surface area contributed by atoms with E-state index in [2.05, 4.69) is 15.5 Å². The smallest absolute Gasteiger partial charge is 0.355 e. The molecule has 2 N–H and O–H groups in total. The summed E-state index contributed by atoms with van der Waals surface area (Å²) in [5.41, 5.74) is 3.05. The van der Waals surface area contributed by atoms with E-state index in [1.165, 1.54) is 16.7 Å². The van der Waals surface area contributed by atoms with E-state index in [1.54, 1.807) is 0 Å². The minimum absolute atomic E-state index is 0.0320. The number of carbonyl (C=O) groups excluding carboxylic acids is 1. The third-order valence-corrected chi connectivity index (χ3v) is 5.41. The highest BCUT2D eigenvalue weighted by molar-refractivity contribution is 7.13. The standard InChI is InChI=1S/C19H17N3O4S/c23-17(16-13-6-1-2-7-15(13)26-22-16)20-9-11-4-3-5-12(8-11)18-21-14(10-27-18)19(24)25/h3-5,8,10H,1-2,6-7,9H2,(H,20,23)(H,24,25). The van der Waals surface area contributed by atoms with Crippen molar-refractivity contribution in [1.82, 2.24) is 15.5 Å². The second-order valence-electron chi connectivity index (χ2n) is 6.37. The molecule has 8 heteroatoms. The highest BCUT2D eigenvalue weighted by Gasteiger charge is 2.23. The zero-order valence-corrected chi connectivity index (χ0v) is 15.2. The van der Waals surface area contributed by atoms with Gasteiger partial charge in [-0.2, -0.15) is 0 Å². The zero-order chi connectivity index (χ0) is 18.8. The Morgan fingerprint density at radius 2 is 2.11 bits per heavy atom. The van der Waals surface area contributed by atoms with Crippen LogP contribution in [-0.4, -0.2) is 27.1 Å². The Balaban J connectivity index is 1.46. The Bertz CT molecular complexity index is 1010. The molecule has 27 heavy (non-hydrogen) atoms. The largest absolute Gasteiger partial charge is 0.476 e. The molecule has 1 amide bonds. The Morgan fingerprint density at radius 1 is 1.26 bits per heavy atom. The molecule has 1 aliphatic carbocycles. The van der Waals surface area contributed by atoms with E-state index >= 15 is 0 Å². The highest BCUT2D eigenvalue weighted by atomic mass is 32.1. The fourth-order valence-corrected chi connectivity index (χ4v) is 3.94. The minimum Gasteiger partial charge on any atom is -0.476 e. The van der Waals surface area contributed by atoms with E-state index in [1.807, 2.05) is 24.3 Å². The van der Waals surface area contributed by atoms with Crippen molar-refractivity contribution in [3.8, 4) is 10.6 Å². The number of carboxylic acid groups (broad SMARTS) is 1. The van der Waals surface area contributed by atoms with E-state index < -0.39 is 5.97 Å². The van der Waals surface area contributed by atoms with Gasteiger partial charge in [0.05, 0.1) is 0 Å². The summed E-state index contributed by atoms with van der Waals surface area (Å²) in [6.07, 6.45) is 3.77. The van der Waals surface area contributed by atoms with Crippen LogP contribution in [0.5, 0.6) is 0 Å². The lowest BCUT2D eigenvalue weighted by atomic mass is 9.96. The van der Waals surface area contributed by atoms with Crippen LogP contribution in [0.4, 0.5) is 0 Å². The van der Waals surface area contributed by atoms with Gasteiger partial charge in [0.2, 0.25) is 0 Å². The van der Waals surface area contributed by atoms with Crippen molar-refractivity contribution in [1.29, 1.82) is 0 Å². The van der Waals surface area contributed by atoms with Crippen LogP contribution in [0.1, 0.15) is 50.7 Å². The van der Waals surface area contributed by atoms with Crippen molar-refractivity contribution < 1.29 is 19.2 Å². The van der Waals surface area contributed by atoms with E-state index in [-0.39, 0.29) is 11.6 Å². The molecule has 1 aromatic carbocycles. The van der Waals surface area contributed by atoms with Crippen molar-refractivity contribution in [2.45, 2.75) is 32.2 Å². The second-order valence-corrected chi connectivity index (χ2v) is 7.22. The molecule has 0 saturated heterocycles. The molecule has 0 radical (unpaired) electrons. The lowest BCUT2D eigenvalue weighted by Gasteiger charge is -2.09. The van der Waals surface area contributed by atoms with Gasteiger partial charge in [-0.05, 0) is 30.9 Å². The number of fused-ring (bicyclic) bond motifs is 1. The first-order valence-electron chi connectivity index (χ1n) is 8.65. The lowest BCUT2D eigenvalue weighted by molar-refractivity contribution is 0.0691. The summed E-state index contributed by atoms with van der Waals surface area (Å²) in [6.45, 7) is 0.339. The molecular formula is C19H17N3O4S. The number of hydrogen-bond acceptors (Lipinski definition) is 6. The fourth-order valence-electron chi connectivity index (χ4n) is 3.15. The highest BCUT2D eigenvalue weighted by Crippen LogP contribution is 2.26. The Kier molecular flexibility index (Phi) is 4.72. The number of benzene rings is 1. The van der Waals surface area contributed by atoms with E-state index in [0.29, 0.717) is 17.2 Å². The molecule has 0 atom stereocenters. The second kappa shape index (κ2) is 7.32. The Labute approximate surface area is 159 Å². The zero-order valence-electron chi connectivity index (χ0n) is 14.4. The van der Waals surface area contributed by atoms with Crippen molar-refractivity contribution in [2.24, 2.45) is 0 Å². The number of nitrogens with zero attached hydrogens (tertiary/aromatic N) is 2. The van der Waals surface area contributed by atoms with Gasteiger partial charge in [-0.15, -0.1) is 11.3 Å². The average molecular weight is 383 g/mol. The summed E-state index contributed by atoms with van der Waals surface area (Å²) in [7, 11) is 0. The summed E-state index contributed by atoms with van der Waals surface area (Å²) in [5.74, 6) is -0.460. The monoisotopic (exact) mass is 383 g/mol. The minimum atomic E-state index is -1.04. The number of hydrogen-bond donors (Lipinski definition) is 2. The number of rotatable bonds is 5. The maximum Gasteiger partial charge on any atom is 0.355 e. The molecule has 1 aliphatic rings. The molecule has 7 nitrogen and oxygen atoms in total. The summed E-state index contributed by atoms with van der Waals surface area (Å²) in [4.78, 5) is 27.6. The molecule has 0 fully saturated rings. The molecule has 0 aliphatic heterocycles. The predicted molar refractivity (Wildman–Crippen MR) is 98.8 cm³/mol. The van der Waals surface area contributed by atoms with Gasteiger partial charge in [0.15, 0.2) is 11.4 Å². The molecule has 0 saturated carbocycles. The number of aromatic nitrogens is 2. The maximum atomic E-state index is 12.5. The van der Waals surface area contributed by atoms with Crippen LogP contribution in [0.25, 0.3) is 10.6 Å². The number of nitrogens with one attached hydrogen (secondary N) is 1. The van der Waals surface area contributed by atoms with Crippen molar-refractivity contribution >= 4 is 23.2 Å². The topological polar surface area (TPSA) is 105 Å². The molecule has 138 valence electrons. The van der Waals surface area contributed by atoms with Crippen LogP contribution in [0, 0.1) is 0 Å². The first kappa shape index (κ1) is 17.4. The van der Waals surface area contributed by atoms with Gasteiger partial charge in [-0.3, -0.25) is 4.79 Å². The predicted octanol–water partition coefficient (Wildman–Crippen LogP) is 3.31. The molecular weight excluding hydrogens is 366 g/mol. The van der Waals surface area contributed by atoms with Crippen molar-refractivity contribution in [2.75, 3.05) is 0 Å². The number of aryl methyl sites for hydroxylation is 1. The Morgan fingerprint density at radius 3 is 2.93 bits per heavy atom. The van der Waals surface area contributed by atoms with E-state index in [4.69, 9.17) is 9.63 Å². The molecule has 2 aromatic heterocycles. The van der Waals surface area contributed by atoms with Gasteiger partial charge in [0.1, 0.15) is 10.8 Å². The quantitative estimate of drug-likeness (QED) is 0.700. The van der Waals surface area contributed by atoms with Gasteiger partial charge in [0, 0.05) is 29.5 Å². The van der Waals surface area contributed by atoms with Crippen molar-refractivity contribution in [3.05, 3.63) is 57.9 Å². The lowest BCUT2D eigenvalue weighted by Crippen LogP contribution is -2.24. The van der Waals surface area contributed by atoms with Crippen LogP contribution < -0.4 is 5.32 Å². The van der Waals surface area contributed by atoms with Crippen LogP contribution in [0.2, 0.25) is 0 Å². The molecule has 0 bridgehead atoms. The van der Waals surface area contributed by atoms with Gasteiger partial charge in [-0.25, -0.2) is 9.78 Å². The van der Waals surface area contributed by atoms with E-state index in [0.717, 1.165) is 48.1 Å². The molecule has 2 heterocycles. The first-order chi connectivity index (χ1) is 13.1. The SMILES string of the molecule is O=C(O)c1csc(-c2cccc(CNC(=O)c3noc4c3CCCC4)c2)n1. The molecule has 0 unspecified atom stereocenters. The van der Waals surface area contributed by atoms with Gasteiger partial charge < -0.3 is 14.9 Å². The normalized spacial score (nSPS) is 13.2. The van der Waals surface area contributed by atoms with Crippen LogP contribution >= 0.6 is 11.3 Å². The first-order valence-corrected chi connectivity index (χ1v) is 9.53. The van der Waals surface area contributed by atoms with Crippen LogP contribution in [-0.2, 0) is 19.4 Å². The number of aromatic carboxylic acids is 1. The summed E-state index contributed by atoms with van der Waals surface area (Å²) in [6, 6.07) is 7.51. The number of amides is 1. The average Bonchev–Trinajstić information content (AvgIpc) is 3.34. The Hall–Kier alpha value is -3.00. The third-order valence-electron chi connectivity index (χ3n) is 4.52. The number of carboxylic acids is 1. The van der Waals surface area contributed by atoms with Crippen LogP contribution in [0.3, 0.4) is 0 Å². The van der Waals surface area contributed by atoms with E-state index in [9.17, 15) is 9.59 Å². The number of carbonyl (C=O) groups is 2. The summed E-state index contributed by atoms with van der Waals surface area (Å²) >= 11 is 1.28. The number of thiazole rings is 1. The van der Waals surface area contributed by atoms with Gasteiger partial charge >= 0.3 is 5.97 Å². The molecule has 3 aromatic rings. The fraction of sp³-hybridized carbons (Fsp3) is 0.263.